The number of aliphatic hydroxyl groups is 1. The second kappa shape index (κ2) is 4.69. The molecule has 0 saturated heterocycles. The lowest BCUT2D eigenvalue weighted by molar-refractivity contribution is 0.129. The van der Waals surface area contributed by atoms with E-state index in [-0.39, 0.29) is 6.10 Å². The second-order valence-corrected chi connectivity index (χ2v) is 5.41. The van der Waals surface area contributed by atoms with Gasteiger partial charge in [-0.1, -0.05) is 24.6 Å². The molecule has 2 aliphatic rings. The summed E-state index contributed by atoms with van der Waals surface area (Å²) in [6.45, 7) is 2.26. The lowest BCUT2D eigenvalue weighted by Gasteiger charge is -2.22. The van der Waals surface area contributed by atoms with Gasteiger partial charge in [-0.15, -0.1) is 0 Å². The van der Waals surface area contributed by atoms with E-state index in [1.807, 2.05) is 0 Å². The highest BCUT2D eigenvalue weighted by atomic mass is 16.3. The molecule has 92 valence electrons. The van der Waals surface area contributed by atoms with Crippen molar-refractivity contribution in [3.05, 3.63) is 29.8 Å². The first-order chi connectivity index (χ1) is 8.34. The standard InChI is InChI=1S/C15H21NO/c17-15-7-3-5-13(15)9-11-16-10-8-12-4-1-2-6-14(12)16/h1-2,4,6,13,15,17H,3,5,7-11H2. The number of rotatable bonds is 3. The largest absolute Gasteiger partial charge is 0.393 e. The number of fused-ring (bicyclic) bond motifs is 1. The minimum Gasteiger partial charge on any atom is -0.393 e. The maximum absolute atomic E-state index is 9.84. The van der Waals surface area contributed by atoms with Crippen LogP contribution in [-0.4, -0.2) is 24.3 Å². The van der Waals surface area contributed by atoms with Crippen molar-refractivity contribution in [3.8, 4) is 0 Å². The summed E-state index contributed by atoms with van der Waals surface area (Å²) in [5.41, 5.74) is 2.90. The Morgan fingerprint density at radius 1 is 1.24 bits per heavy atom. The Labute approximate surface area is 103 Å². The van der Waals surface area contributed by atoms with Gasteiger partial charge in [-0.25, -0.2) is 0 Å². The fourth-order valence-electron chi connectivity index (χ4n) is 3.31. The molecule has 2 nitrogen and oxygen atoms in total. The summed E-state index contributed by atoms with van der Waals surface area (Å²) >= 11 is 0. The van der Waals surface area contributed by atoms with Gasteiger partial charge in [-0.2, -0.15) is 0 Å². The summed E-state index contributed by atoms with van der Waals surface area (Å²) in [6, 6.07) is 8.72. The van der Waals surface area contributed by atoms with Crippen molar-refractivity contribution in [1.82, 2.24) is 0 Å². The Balaban J connectivity index is 1.60. The van der Waals surface area contributed by atoms with E-state index in [1.165, 1.54) is 30.5 Å². The average Bonchev–Trinajstić information content (AvgIpc) is 2.93. The molecule has 2 unspecified atom stereocenters. The number of nitrogens with zero attached hydrogens (tertiary/aromatic N) is 1. The molecule has 0 aromatic heterocycles. The third-order valence-corrected chi connectivity index (χ3v) is 4.37. The molecule has 1 N–H and O–H groups in total. The van der Waals surface area contributed by atoms with Gasteiger partial charge in [-0.3, -0.25) is 0 Å². The first-order valence-corrected chi connectivity index (χ1v) is 6.85. The maximum atomic E-state index is 9.84. The highest BCUT2D eigenvalue weighted by molar-refractivity contribution is 5.57. The molecule has 0 bridgehead atoms. The fourth-order valence-corrected chi connectivity index (χ4v) is 3.31. The molecule has 0 spiro atoms. The van der Waals surface area contributed by atoms with Crippen LogP contribution in [0.5, 0.6) is 0 Å². The predicted molar refractivity (Wildman–Crippen MR) is 70.3 cm³/mol. The van der Waals surface area contributed by atoms with Crippen LogP contribution in [0.1, 0.15) is 31.2 Å². The molecule has 0 radical (unpaired) electrons. The third-order valence-electron chi connectivity index (χ3n) is 4.37. The van der Waals surface area contributed by atoms with Crippen molar-refractivity contribution in [2.75, 3.05) is 18.0 Å². The Morgan fingerprint density at radius 3 is 2.94 bits per heavy atom. The smallest absolute Gasteiger partial charge is 0.0569 e. The van der Waals surface area contributed by atoms with Crippen molar-refractivity contribution in [1.29, 1.82) is 0 Å². The molecular weight excluding hydrogens is 210 g/mol. The summed E-state index contributed by atoms with van der Waals surface area (Å²) in [6.07, 6.45) is 5.74. The molecule has 0 amide bonds. The molecule has 1 heterocycles. The zero-order chi connectivity index (χ0) is 11.7. The van der Waals surface area contributed by atoms with Crippen molar-refractivity contribution in [2.45, 2.75) is 38.2 Å². The Kier molecular flexibility index (Phi) is 3.06. The van der Waals surface area contributed by atoms with Crippen molar-refractivity contribution in [3.63, 3.8) is 0 Å². The maximum Gasteiger partial charge on any atom is 0.0569 e. The SMILES string of the molecule is OC1CCCC1CCN1CCc2ccccc21. The number of benzene rings is 1. The summed E-state index contributed by atoms with van der Waals surface area (Å²) in [4.78, 5) is 2.49. The first-order valence-electron chi connectivity index (χ1n) is 6.85. The monoisotopic (exact) mass is 231 g/mol. The lowest BCUT2D eigenvalue weighted by Crippen LogP contribution is -2.25. The minimum absolute atomic E-state index is 0.0344. The minimum atomic E-state index is -0.0344. The van der Waals surface area contributed by atoms with E-state index in [9.17, 15) is 5.11 Å². The molecule has 2 heteroatoms. The van der Waals surface area contributed by atoms with Crippen molar-refractivity contribution in [2.24, 2.45) is 5.92 Å². The number of aliphatic hydroxyl groups excluding tert-OH is 1. The van der Waals surface area contributed by atoms with E-state index < -0.39 is 0 Å². The summed E-state index contributed by atoms with van der Waals surface area (Å²) < 4.78 is 0. The van der Waals surface area contributed by atoms with Gasteiger partial charge in [-0.05, 0) is 43.2 Å². The average molecular weight is 231 g/mol. The van der Waals surface area contributed by atoms with E-state index in [0.29, 0.717) is 5.92 Å². The number of anilines is 1. The summed E-state index contributed by atoms with van der Waals surface area (Å²) in [7, 11) is 0. The van der Waals surface area contributed by atoms with E-state index >= 15 is 0 Å². The quantitative estimate of drug-likeness (QED) is 0.864. The molecule has 1 aromatic rings. The van der Waals surface area contributed by atoms with E-state index in [0.717, 1.165) is 25.9 Å². The van der Waals surface area contributed by atoms with Crippen LogP contribution in [-0.2, 0) is 6.42 Å². The third kappa shape index (κ3) is 2.19. The molecule has 3 rings (SSSR count). The molecule has 1 aromatic carbocycles. The molecule has 17 heavy (non-hydrogen) atoms. The van der Waals surface area contributed by atoms with Crippen LogP contribution >= 0.6 is 0 Å². The van der Waals surface area contributed by atoms with Crippen molar-refractivity contribution >= 4 is 5.69 Å². The Bertz CT molecular complexity index is 390. The van der Waals surface area contributed by atoms with Gasteiger partial charge in [0.2, 0.25) is 0 Å². The number of hydrogen-bond acceptors (Lipinski definition) is 2. The highest BCUT2D eigenvalue weighted by Gasteiger charge is 2.26. The van der Waals surface area contributed by atoms with Gasteiger partial charge >= 0.3 is 0 Å². The number of hydrogen-bond donors (Lipinski definition) is 1. The van der Waals surface area contributed by atoms with Crippen LogP contribution in [0.4, 0.5) is 5.69 Å². The summed E-state index contributed by atoms with van der Waals surface area (Å²) in [5, 5.41) is 9.84. The van der Waals surface area contributed by atoms with Crippen molar-refractivity contribution < 1.29 is 5.11 Å². The van der Waals surface area contributed by atoms with Crippen LogP contribution in [0.2, 0.25) is 0 Å². The predicted octanol–water partition coefficient (Wildman–Crippen LogP) is 2.60. The molecule has 1 aliphatic carbocycles. The van der Waals surface area contributed by atoms with Crippen LogP contribution < -0.4 is 4.90 Å². The topological polar surface area (TPSA) is 23.5 Å². The van der Waals surface area contributed by atoms with E-state index in [1.54, 1.807) is 0 Å². The fraction of sp³-hybridized carbons (Fsp3) is 0.600. The van der Waals surface area contributed by atoms with Gasteiger partial charge in [0.15, 0.2) is 0 Å². The van der Waals surface area contributed by atoms with Gasteiger partial charge < -0.3 is 10.0 Å². The summed E-state index contributed by atoms with van der Waals surface area (Å²) in [5.74, 6) is 0.544. The zero-order valence-corrected chi connectivity index (χ0v) is 10.3. The van der Waals surface area contributed by atoms with E-state index in [2.05, 4.69) is 29.2 Å². The zero-order valence-electron chi connectivity index (χ0n) is 10.3. The van der Waals surface area contributed by atoms with Crippen LogP contribution in [0.3, 0.4) is 0 Å². The lowest BCUT2D eigenvalue weighted by atomic mass is 10.0. The molecule has 1 saturated carbocycles. The number of para-hydroxylation sites is 1. The van der Waals surface area contributed by atoms with Gasteiger partial charge in [0.1, 0.15) is 0 Å². The highest BCUT2D eigenvalue weighted by Crippen LogP contribution is 2.31. The van der Waals surface area contributed by atoms with Gasteiger partial charge in [0, 0.05) is 18.8 Å². The Hall–Kier alpha value is -1.02. The van der Waals surface area contributed by atoms with Crippen LogP contribution in [0, 0.1) is 5.92 Å². The molecule has 1 aliphatic heterocycles. The molecular formula is C15H21NO. The van der Waals surface area contributed by atoms with Gasteiger partial charge in [0.05, 0.1) is 6.10 Å². The second-order valence-electron chi connectivity index (χ2n) is 5.41. The molecule has 2 atom stereocenters. The normalized spacial score (nSPS) is 27.5. The van der Waals surface area contributed by atoms with Gasteiger partial charge in [0.25, 0.3) is 0 Å². The molecule has 1 fully saturated rings. The van der Waals surface area contributed by atoms with Crippen LogP contribution in [0.25, 0.3) is 0 Å². The first kappa shape index (κ1) is 11.1. The Morgan fingerprint density at radius 2 is 2.12 bits per heavy atom. The van der Waals surface area contributed by atoms with E-state index in [4.69, 9.17) is 0 Å². The van der Waals surface area contributed by atoms with Crippen LogP contribution in [0.15, 0.2) is 24.3 Å².